The Hall–Kier alpha value is -1.15. The second-order valence-electron chi connectivity index (χ2n) is 2.18. The zero-order valence-electron chi connectivity index (χ0n) is 7.66. The van der Waals surface area contributed by atoms with Crippen molar-refractivity contribution in [2.45, 2.75) is 13.8 Å². The fraction of sp³-hybridized carbons (Fsp3) is 0.200. The Morgan fingerprint density at radius 2 is 1.69 bits per heavy atom. The number of benzene rings is 1. The SMILES string of the molecule is CC.Clc1cnc2ccccc2n1. The van der Waals surface area contributed by atoms with Crippen molar-refractivity contribution in [1.82, 2.24) is 9.97 Å². The van der Waals surface area contributed by atoms with Gasteiger partial charge < -0.3 is 0 Å². The number of halogens is 1. The molecule has 0 bridgehead atoms. The fourth-order valence-electron chi connectivity index (χ4n) is 0.935. The molecule has 1 aromatic heterocycles. The van der Waals surface area contributed by atoms with Crippen molar-refractivity contribution in [2.24, 2.45) is 0 Å². The van der Waals surface area contributed by atoms with E-state index < -0.39 is 0 Å². The van der Waals surface area contributed by atoms with Crippen LogP contribution < -0.4 is 0 Å². The van der Waals surface area contributed by atoms with Gasteiger partial charge in [0.05, 0.1) is 17.2 Å². The lowest BCUT2D eigenvalue weighted by molar-refractivity contribution is 1.29. The minimum atomic E-state index is 0.434. The van der Waals surface area contributed by atoms with Gasteiger partial charge in [-0.05, 0) is 12.1 Å². The highest BCUT2D eigenvalue weighted by molar-refractivity contribution is 6.29. The van der Waals surface area contributed by atoms with E-state index in [0.29, 0.717) is 5.15 Å². The maximum Gasteiger partial charge on any atom is 0.148 e. The van der Waals surface area contributed by atoms with Crippen LogP contribution in [0.2, 0.25) is 5.15 Å². The molecule has 0 saturated heterocycles. The molecule has 2 aromatic rings. The minimum absolute atomic E-state index is 0.434. The zero-order valence-corrected chi connectivity index (χ0v) is 8.42. The molecule has 0 amide bonds. The lowest BCUT2D eigenvalue weighted by atomic mass is 10.3. The Morgan fingerprint density at radius 1 is 1.08 bits per heavy atom. The summed E-state index contributed by atoms with van der Waals surface area (Å²) < 4.78 is 0. The van der Waals surface area contributed by atoms with Crippen LogP contribution in [0.1, 0.15) is 13.8 Å². The van der Waals surface area contributed by atoms with E-state index in [2.05, 4.69) is 9.97 Å². The van der Waals surface area contributed by atoms with Gasteiger partial charge in [-0.25, -0.2) is 4.98 Å². The third kappa shape index (κ3) is 2.39. The average molecular weight is 195 g/mol. The Bertz CT molecular complexity index is 387. The molecular weight excluding hydrogens is 184 g/mol. The number of hydrogen-bond donors (Lipinski definition) is 0. The smallest absolute Gasteiger partial charge is 0.148 e. The van der Waals surface area contributed by atoms with Crippen molar-refractivity contribution in [1.29, 1.82) is 0 Å². The summed E-state index contributed by atoms with van der Waals surface area (Å²) in [4.78, 5) is 8.16. The molecule has 0 saturated carbocycles. The normalized spacial score (nSPS) is 9.15. The molecule has 0 spiro atoms. The van der Waals surface area contributed by atoms with Gasteiger partial charge in [0.15, 0.2) is 0 Å². The van der Waals surface area contributed by atoms with E-state index in [9.17, 15) is 0 Å². The predicted molar refractivity (Wildman–Crippen MR) is 55.9 cm³/mol. The molecule has 1 heterocycles. The molecule has 2 nitrogen and oxygen atoms in total. The molecule has 0 aliphatic carbocycles. The molecule has 13 heavy (non-hydrogen) atoms. The van der Waals surface area contributed by atoms with Gasteiger partial charge in [0, 0.05) is 0 Å². The van der Waals surface area contributed by atoms with Crippen molar-refractivity contribution in [2.75, 3.05) is 0 Å². The van der Waals surface area contributed by atoms with Crippen molar-refractivity contribution >= 4 is 22.6 Å². The van der Waals surface area contributed by atoms with Gasteiger partial charge in [0.2, 0.25) is 0 Å². The van der Waals surface area contributed by atoms with Gasteiger partial charge in [-0.2, -0.15) is 0 Å². The summed E-state index contributed by atoms with van der Waals surface area (Å²) in [5.41, 5.74) is 1.71. The van der Waals surface area contributed by atoms with E-state index in [0.717, 1.165) is 11.0 Å². The third-order valence-electron chi connectivity index (χ3n) is 1.42. The average Bonchev–Trinajstić information content (AvgIpc) is 2.21. The van der Waals surface area contributed by atoms with Crippen LogP contribution in [0.4, 0.5) is 0 Å². The van der Waals surface area contributed by atoms with Gasteiger partial charge in [-0.15, -0.1) is 0 Å². The second kappa shape index (κ2) is 4.77. The molecule has 0 radical (unpaired) electrons. The van der Waals surface area contributed by atoms with Crippen LogP contribution in [0, 0.1) is 0 Å². The largest absolute Gasteiger partial charge is 0.251 e. The van der Waals surface area contributed by atoms with Crippen molar-refractivity contribution in [3.8, 4) is 0 Å². The molecule has 0 unspecified atom stereocenters. The lowest BCUT2D eigenvalue weighted by Crippen LogP contribution is -1.81. The van der Waals surface area contributed by atoms with Gasteiger partial charge in [-0.3, -0.25) is 4.98 Å². The van der Waals surface area contributed by atoms with E-state index >= 15 is 0 Å². The summed E-state index contributed by atoms with van der Waals surface area (Å²) in [7, 11) is 0. The number of fused-ring (bicyclic) bond motifs is 1. The first-order chi connectivity index (χ1) is 6.36. The number of hydrogen-bond acceptors (Lipinski definition) is 2. The van der Waals surface area contributed by atoms with Crippen LogP contribution in [0.25, 0.3) is 11.0 Å². The zero-order chi connectivity index (χ0) is 9.68. The third-order valence-corrected chi connectivity index (χ3v) is 1.60. The molecule has 0 N–H and O–H groups in total. The van der Waals surface area contributed by atoms with Crippen LogP contribution in [-0.4, -0.2) is 9.97 Å². The second-order valence-corrected chi connectivity index (χ2v) is 2.57. The highest BCUT2D eigenvalue weighted by atomic mass is 35.5. The Labute approximate surface area is 82.6 Å². The van der Waals surface area contributed by atoms with E-state index in [-0.39, 0.29) is 0 Å². The molecule has 0 fully saturated rings. The minimum Gasteiger partial charge on any atom is -0.251 e. The summed E-state index contributed by atoms with van der Waals surface area (Å²) in [5, 5.41) is 0.434. The Kier molecular flexibility index (Phi) is 3.65. The monoisotopic (exact) mass is 194 g/mol. The van der Waals surface area contributed by atoms with Crippen molar-refractivity contribution in [3.63, 3.8) is 0 Å². The van der Waals surface area contributed by atoms with Crippen molar-refractivity contribution < 1.29 is 0 Å². The number of para-hydroxylation sites is 2. The molecule has 68 valence electrons. The summed E-state index contributed by atoms with van der Waals surface area (Å²) >= 11 is 5.65. The molecule has 0 atom stereocenters. The number of rotatable bonds is 0. The number of nitrogens with zero attached hydrogens (tertiary/aromatic N) is 2. The highest BCUT2D eigenvalue weighted by Gasteiger charge is 1.93. The molecule has 0 aliphatic heterocycles. The maximum absolute atomic E-state index is 5.65. The topological polar surface area (TPSA) is 25.8 Å². The van der Waals surface area contributed by atoms with Gasteiger partial charge in [0.25, 0.3) is 0 Å². The molecule has 1 aromatic carbocycles. The summed E-state index contributed by atoms with van der Waals surface area (Å²) in [6.07, 6.45) is 1.55. The molecule has 2 rings (SSSR count). The van der Waals surface area contributed by atoms with Crippen LogP contribution >= 0.6 is 11.6 Å². The van der Waals surface area contributed by atoms with E-state index in [1.165, 1.54) is 0 Å². The number of aromatic nitrogens is 2. The van der Waals surface area contributed by atoms with Gasteiger partial charge >= 0.3 is 0 Å². The first-order valence-corrected chi connectivity index (χ1v) is 4.61. The molecular formula is C10H11ClN2. The van der Waals surface area contributed by atoms with Gasteiger partial charge in [-0.1, -0.05) is 37.6 Å². The highest BCUT2D eigenvalue weighted by Crippen LogP contribution is 2.10. The standard InChI is InChI=1S/C8H5ClN2.C2H6/c9-8-5-10-6-3-1-2-4-7(6)11-8;1-2/h1-5H;1-2H3. The Balaban J connectivity index is 0.000000396. The van der Waals surface area contributed by atoms with Crippen LogP contribution in [0.3, 0.4) is 0 Å². The summed E-state index contributed by atoms with van der Waals surface area (Å²) in [5.74, 6) is 0. The first kappa shape index (κ1) is 9.93. The Morgan fingerprint density at radius 3 is 2.38 bits per heavy atom. The molecule has 3 heteroatoms. The molecule has 0 aliphatic rings. The van der Waals surface area contributed by atoms with E-state index in [4.69, 9.17) is 11.6 Å². The van der Waals surface area contributed by atoms with Gasteiger partial charge in [0.1, 0.15) is 5.15 Å². The fourth-order valence-corrected chi connectivity index (χ4v) is 1.07. The van der Waals surface area contributed by atoms with Crippen LogP contribution in [0.15, 0.2) is 30.5 Å². The van der Waals surface area contributed by atoms with Crippen LogP contribution in [-0.2, 0) is 0 Å². The van der Waals surface area contributed by atoms with Crippen LogP contribution in [0.5, 0.6) is 0 Å². The lowest BCUT2D eigenvalue weighted by Gasteiger charge is -1.93. The maximum atomic E-state index is 5.65. The summed E-state index contributed by atoms with van der Waals surface area (Å²) in [6, 6.07) is 7.62. The first-order valence-electron chi connectivity index (χ1n) is 4.23. The predicted octanol–water partition coefficient (Wildman–Crippen LogP) is 3.31. The summed E-state index contributed by atoms with van der Waals surface area (Å²) in [6.45, 7) is 4.00. The van der Waals surface area contributed by atoms with E-state index in [1.807, 2.05) is 38.1 Å². The van der Waals surface area contributed by atoms with Crippen molar-refractivity contribution in [3.05, 3.63) is 35.6 Å². The van der Waals surface area contributed by atoms with E-state index in [1.54, 1.807) is 6.20 Å². The quantitative estimate of drug-likeness (QED) is 0.643.